The first-order valence-corrected chi connectivity index (χ1v) is 7.49. The van der Waals surface area contributed by atoms with Gasteiger partial charge >= 0.3 is 6.03 Å². The largest absolute Gasteiger partial charge is 0.351 e. The van der Waals surface area contributed by atoms with E-state index in [1.807, 2.05) is 24.3 Å². The average Bonchev–Trinajstić information content (AvgIpc) is 2.39. The lowest BCUT2D eigenvalue weighted by Crippen LogP contribution is -2.31. The minimum absolute atomic E-state index is 0.306. The minimum atomic E-state index is -0.533. The van der Waals surface area contributed by atoms with Gasteiger partial charge in [-0.1, -0.05) is 38.8 Å². The summed E-state index contributed by atoms with van der Waals surface area (Å²) in [5, 5.41) is 6.25. The Balaban J connectivity index is 2.61. The zero-order valence-electron chi connectivity index (χ0n) is 12.8. The van der Waals surface area contributed by atoms with Crippen molar-refractivity contribution in [1.82, 2.24) is 5.32 Å². The molecule has 0 heterocycles. The number of rotatable bonds is 8. The minimum Gasteiger partial charge on any atom is -0.351 e. The number of nitrogens with one attached hydrogen (secondary N) is 2. The summed E-state index contributed by atoms with van der Waals surface area (Å²) >= 11 is 0. The second kappa shape index (κ2) is 8.59. The van der Waals surface area contributed by atoms with Crippen molar-refractivity contribution in [2.75, 3.05) is 5.32 Å². The van der Waals surface area contributed by atoms with Crippen LogP contribution in [0, 0.1) is 0 Å². The molecular formula is C16H27N3O. The molecule has 0 fully saturated rings. The number of hydrogen-bond donors (Lipinski definition) is 3. The molecule has 20 heavy (non-hydrogen) atoms. The van der Waals surface area contributed by atoms with Gasteiger partial charge in [-0.2, -0.15) is 0 Å². The van der Waals surface area contributed by atoms with Gasteiger partial charge in [0.2, 0.25) is 0 Å². The molecule has 4 N–H and O–H groups in total. The van der Waals surface area contributed by atoms with Crippen LogP contribution in [-0.4, -0.2) is 12.1 Å². The van der Waals surface area contributed by atoms with E-state index in [1.165, 1.54) is 31.2 Å². The Morgan fingerprint density at radius 1 is 1.15 bits per heavy atom. The van der Waals surface area contributed by atoms with Gasteiger partial charge in [0.25, 0.3) is 0 Å². The molecule has 112 valence electrons. The monoisotopic (exact) mass is 277 g/mol. The topological polar surface area (TPSA) is 67.2 Å². The second-order valence-corrected chi connectivity index (χ2v) is 5.27. The smallest absolute Gasteiger partial charge is 0.316 e. The van der Waals surface area contributed by atoms with Crippen LogP contribution in [0.3, 0.4) is 0 Å². The molecule has 0 aliphatic rings. The maximum Gasteiger partial charge on any atom is 0.316 e. The van der Waals surface area contributed by atoms with E-state index in [0.29, 0.717) is 12.1 Å². The third-order valence-electron chi connectivity index (χ3n) is 3.44. The normalized spacial score (nSPS) is 12.4. The van der Waals surface area contributed by atoms with Gasteiger partial charge in [0.1, 0.15) is 0 Å². The van der Waals surface area contributed by atoms with Gasteiger partial charge in [-0.25, -0.2) is 4.79 Å². The molecule has 1 aromatic rings. The van der Waals surface area contributed by atoms with E-state index >= 15 is 0 Å². The molecule has 1 atom stereocenters. The Morgan fingerprint density at radius 2 is 1.70 bits per heavy atom. The molecule has 4 heteroatoms. The van der Waals surface area contributed by atoms with E-state index in [1.54, 1.807) is 0 Å². The van der Waals surface area contributed by atoms with Crippen LogP contribution in [0.5, 0.6) is 0 Å². The highest BCUT2D eigenvalue weighted by Gasteiger charge is 2.12. The first-order chi connectivity index (χ1) is 9.56. The number of urea groups is 1. The summed E-state index contributed by atoms with van der Waals surface area (Å²) in [7, 11) is 0. The van der Waals surface area contributed by atoms with E-state index in [2.05, 4.69) is 31.4 Å². The number of hydrogen-bond acceptors (Lipinski definition) is 2. The van der Waals surface area contributed by atoms with Gasteiger partial charge in [0, 0.05) is 17.8 Å². The van der Waals surface area contributed by atoms with Crippen molar-refractivity contribution < 1.29 is 4.79 Å². The van der Waals surface area contributed by atoms with E-state index in [-0.39, 0.29) is 0 Å². The molecule has 0 bridgehead atoms. The van der Waals surface area contributed by atoms with Crippen LogP contribution >= 0.6 is 0 Å². The summed E-state index contributed by atoms with van der Waals surface area (Å²) in [5.74, 6) is 0. The fourth-order valence-electron chi connectivity index (χ4n) is 2.46. The van der Waals surface area contributed by atoms with Gasteiger partial charge in [-0.3, -0.25) is 0 Å². The zero-order chi connectivity index (χ0) is 15.0. The predicted molar refractivity (Wildman–Crippen MR) is 84.8 cm³/mol. The molecule has 0 aliphatic carbocycles. The Morgan fingerprint density at radius 3 is 2.15 bits per heavy atom. The first kappa shape index (κ1) is 16.5. The number of benzene rings is 1. The van der Waals surface area contributed by atoms with E-state index in [0.717, 1.165) is 5.69 Å². The Labute approximate surface area is 122 Å². The zero-order valence-corrected chi connectivity index (χ0v) is 12.8. The summed E-state index contributed by atoms with van der Waals surface area (Å²) in [6, 6.07) is 8.16. The van der Waals surface area contributed by atoms with Crippen molar-refractivity contribution >= 4 is 11.7 Å². The Kier molecular flexibility index (Phi) is 7.09. The van der Waals surface area contributed by atoms with Crippen molar-refractivity contribution in [3.8, 4) is 0 Å². The molecule has 0 saturated carbocycles. The van der Waals surface area contributed by atoms with Crippen molar-refractivity contribution in [3.05, 3.63) is 29.8 Å². The standard InChI is InChI=1S/C16H27N3O/c1-4-6-14(7-5-2)18-12(3)13-8-10-15(11-9-13)19-16(17)20/h8-12,14,18H,4-7H2,1-3H3,(H3,17,19,20). The van der Waals surface area contributed by atoms with Crippen molar-refractivity contribution in [3.63, 3.8) is 0 Å². The fraction of sp³-hybridized carbons (Fsp3) is 0.562. The number of nitrogens with two attached hydrogens (primary N) is 1. The molecule has 0 radical (unpaired) electrons. The molecule has 0 spiro atoms. The number of primary amides is 1. The average molecular weight is 277 g/mol. The van der Waals surface area contributed by atoms with Crippen LogP contribution in [0.15, 0.2) is 24.3 Å². The highest BCUT2D eigenvalue weighted by atomic mass is 16.2. The molecule has 1 rings (SSSR count). The van der Waals surface area contributed by atoms with Gasteiger partial charge in [0.15, 0.2) is 0 Å². The molecule has 0 aliphatic heterocycles. The summed E-state index contributed by atoms with van der Waals surface area (Å²) in [6.07, 6.45) is 4.82. The fourth-order valence-corrected chi connectivity index (χ4v) is 2.46. The summed E-state index contributed by atoms with van der Waals surface area (Å²) < 4.78 is 0. The quantitative estimate of drug-likeness (QED) is 0.676. The van der Waals surface area contributed by atoms with Gasteiger partial charge in [-0.05, 0) is 37.5 Å². The molecular weight excluding hydrogens is 250 g/mol. The summed E-state index contributed by atoms with van der Waals surface area (Å²) in [5.41, 5.74) is 7.04. The molecule has 2 amide bonds. The maximum atomic E-state index is 10.8. The van der Waals surface area contributed by atoms with Gasteiger partial charge in [0.05, 0.1) is 0 Å². The highest BCUT2D eigenvalue weighted by Crippen LogP contribution is 2.18. The van der Waals surface area contributed by atoms with Crippen LogP contribution in [0.1, 0.15) is 58.1 Å². The first-order valence-electron chi connectivity index (χ1n) is 7.49. The molecule has 1 unspecified atom stereocenters. The van der Waals surface area contributed by atoms with Crippen LogP contribution in [-0.2, 0) is 0 Å². The Bertz CT molecular complexity index is 397. The van der Waals surface area contributed by atoms with Crippen molar-refractivity contribution in [1.29, 1.82) is 0 Å². The molecule has 4 nitrogen and oxygen atoms in total. The van der Waals surface area contributed by atoms with Crippen LogP contribution in [0.25, 0.3) is 0 Å². The van der Waals surface area contributed by atoms with Gasteiger partial charge in [-0.15, -0.1) is 0 Å². The summed E-state index contributed by atoms with van der Waals surface area (Å²) in [4.78, 5) is 10.8. The Hall–Kier alpha value is -1.55. The van der Waals surface area contributed by atoms with Crippen molar-refractivity contribution in [2.24, 2.45) is 5.73 Å². The van der Waals surface area contributed by atoms with Crippen LogP contribution in [0.4, 0.5) is 10.5 Å². The number of anilines is 1. The van der Waals surface area contributed by atoms with Crippen LogP contribution in [0.2, 0.25) is 0 Å². The molecule has 0 aromatic heterocycles. The number of carbonyl (C=O) groups is 1. The van der Waals surface area contributed by atoms with E-state index in [4.69, 9.17) is 5.73 Å². The number of amides is 2. The van der Waals surface area contributed by atoms with E-state index < -0.39 is 6.03 Å². The molecule has 1 aromatic carbocycles. The van der Waals surface area contributed by atoms with Crippen LogP contribution < -0.4 is 16.4 Å². The maximum absolute atomic E-state index is 10.8. The number of carbonyl (C=O) groups excluding carboxylic acids is 1. The SMILES string of the molecule is CCCC(CCC)NC(C)c1ccc(NC(N)=O)cc1. The lowest BCUT2D eigenvalue weighted by molar-refractivity contribution is 0.259. The lowest BCUT2D eigenvalue weighted by atomic mass is 10.0. The highest BCUT2D eigenvalue weighted by molar-refractivity contribution is 5.87. The lowest BCUT2D eigenvalue weighted by Gasteiger charge is -2.23. The molecule has 0 saturated heterocycles. The summed E-state index contributed by atoms with van der Waals surface area (Å²) in [6.45, 7) is 6.62. The van der Waals surface area contributed by atoms with E-state index in [9.17, 15) is 4.79 Å². The van der Waals surface area contributed by atoms with Gasteiger partial charge < -0.3 is 16.4 Å². The van der Waals surface area contributed by atoms with Crippen molar-refractivity contribution in [2.45, 2.75) is 58.5 Å². The third-order valence-corrected chi connectivity index (χ3v) is 3.44. The second-order valence-electron chi connectivity index (χ2n) is 5.27. The third kappa shape index (κ3) is 5.61. The predicted octanol–water partition coefficient (Wildman–Crippen LogP) is 3.80.